The van der Waals surface area contributed by atoms with Crippen LogP contribution in [0.25, 0.3) is 0 Å². The monoisotopic (exact) mass is 182 g/mol. The van der Waals surface area contributed by atoms with E-state index in [2.05, 4.69) is 9.80 Å². The molecule has 1 aliphatic carbocycles. The van der Waals surface area contributed by atoms with Gasteiger partial charge in [-0.1, -0.05) is 0 Å². The summed E-state index contributed by atoms with van der Waals surface area (Å²) in [5, 5.41) is 0. The van der Waals surface area contributed by atoms with Crippen LogP contribution in [0.2, 0.25) is 0 Å². The number of hydrogen-bond donors (Lipinski definition) is 0. The van der Waals surface area contributed by atoms with E-state index in [4.69, 9.17) is 4.74 Å². The lowest BCUT2D eigenvalue weighted by Gasteiger charge is -2.42. The van der Waals surface area contributed by atoms with E-state index in [0.717, 1.165) is 25.3 Å². The first-order chi connectivity index (χ1) is 6.43. The predicted molar refractivity (Wildman–Crippen MR) is 50.8 cm³/mol. The molecule has 0 unspecified atom stereocenters. The van der Waals surface area contributed by atoms with Gasteiger partial charge in [0.1, 0.15) is 0 Å². The van der Waals surface area contributed by atoms with Crippen molar-refractivity contribution >= 4 is 0 Å². The fourth-order valence-corrected chi connectivity index (χ4v) is 2.34. The first-order valence-corrected chi connectivity index (χ1v) is 5.49. The van der Waals surface area contributed by atoms with Crippen molar-refractivity contribution in [3.05, 3.63) is 0 Å². The molecule has 3 aliphatic rings. The molecule has 0 aromatic carbocycles. The standard InChI is InChI=1S/C10H18N2O/c1-2-9(1)11-3-5-12(6-4-11)10-7-13-8-10/h9-10H,1-8H2. The predicted octanol–water partition coefficient (Wildman–Crippen LogP) is 0.165. The SMILES string of the molecule is C1CC1N1CCN(C2COC2)CC1. The molecule has 3 fully saturated rings. The average Bonchev–Trinajstić information content (AvgIpc) is 2.85. The molecule has 0 bridgehead atoms. The van der Waals surface area contributed by atoms with E-state index in [0.29, 0.717) is 0 Å². The van der Waals surface area contributed by atoms with Crippen molar-refractivity contribution in [3.8, 4) is 0 Å². The molecule has 0 N–H and O–H groups in total. The van der Waals surface area contributed by atoms with Crippen LogP contribution in [-0.4, -0.2) is 61.3 Å². The van der Waals surface area contributed by atoms with Crippen LogP contribution in [0, 0.1) is 0 Å². The topological polar surface area (TPSA) is 15.7 Å². The van der Waals surface area contributed by atoms with E-state index in [1.54, 1.807) is 0 Å². The highest BCUT2D eigenvalue weighted by Gasteiger charge is 2.34. The second-order valence-electron chi connectivity index (χ2n) is 4.49. The van der Waals surface area contributed by atoms with E-state index >= 15 is 0 Å². The molecule has 3 heteroatoms. The summed E-state index contributed by atoms with van der Waals surface area (Å²) in [5.74, 6) is 0. The van der Waals surface area contributed by atoms with Gasteiger partial charge in [-0.2, -0.15) is 0 Å². The van der Waals surface area contributed by atoms with Crippen LogP contribution < -0.4 is 0 Å². The van der Waals surface area contributed by atoms with Crippen molar-refractivity contribution in [2.75, 3.05) is 39.4 Å². The molecule has 2 heterocycles. The molecule has 0 radical (unpaired) electrons. The van der Waals surface area contributed by atoms with Gasteiger partial charge in [-0.25, -0.2) is 0 Å². The van der Waals surface area contributed by atoms with Gasteiger partial charge < -0.3 is 4.74 Å². The molecule has 0 spiro atoms. The maximum absolute atomic E-state index is 5.22. The third kappa shape index (κ3) is 1.60. The Morgan fingerprint density at radius 2 is 1.31 bits per heavy atom. The maximum Gasteiger partial charge on any atom is 0.0645 e. The van der Waals surface area contributed by atoms with Crippen molar-refractivity contribution in [2.24, 2.45) is 0 Å². The van der Waals surface area contributed by atoms with Crippen LogP contribution in [0.3, 0.4) is 0 Å². The van der Waals surface area contributed by atoms with Gasteiger partial charge in [-0.15, -0.1) is 0 Å². The van der Waals surface area contributed by atoms with Crippen LogP contribution in [-0.2, 0) is 4.74 Å². The molecule has 13 heavy (non-hydrogen) atoms. The lowest BCUT2D eigenvalue weighted by molar-refractivity contribution is -0.0773. The zero-order chi connectivity index (χ0) is 8.67. The molecule has 2 saturated heterocycles. The number of ether oxygens (including phenoxy) is 1. The van der Waals surface area contributed by atoms with Crippen LogP contribution >= 0.6 is 0 Å². The molecule has 1 saturated carbocycles. The molecule has 74 valence electrons. The van der Waals surface area contributed by atoms with Crippen molar-refractivity contribution < 1.29 is 4.74 Å². The van der Waals surface area contributed by atoms with Gasteiger partial charge in [0.2, 0.25) is 0 Å². The Balaban J connectivity index is 1.48. The number of piperazine rings is 1. The van der Waals surface area contributed by atoms with Gasteiger partial charge in [-0.3, -0.25) is 9.80 Å². The second kappa shape index (κ2) is 3.23. The summed E-state index contributed by atoms with van der Waals surface area (Å²) < 4.78 is 5.22. The Bertz CT molecular complexity index is 181. The highest BCUT2D eigenvalue weighted by atomic mass is 16.5. The average molecular weight is 182 g/mol. The molecule has 3 nitrogen and oxygen atoms in total. The van der Waals surface area contributed by atoms with Crippen LogP contribution in [0.1, 0.15) is 12.8 Å². The third-order valence-electron chi connectivity index (χ3n) is 3.55. The summed E-state index contributed by atoms with van der Waals surface area (Å²) in [6.45, 7) is 7.07. The molecule has 3 rings (SSSR count). The number of nitrogens with zero attached hydrogens (tertiary/aromatic N) is 2. The van der Waals surface area contributed by atoms with E-state index in [-0.39, 0.29) is 0 Å². The largest absolute Gasteiger partial charge is 0.378 e. The van der Waals surface area contributed by atoms with Gasteiger partial charge in [0, 0.05) is 32.2 Å². The van der Waals surface area contributed by atoms with E-state index < -0.39 is 0 Å². The lowest BCUT2D eigenvalue weighted by atomic mass is 10.2. The zero-order valence-electron chi connectivity index (χ0n) is 8.11. The Kier molecular flexibility index (Phi) is 2.04. The quantitative estimate of drug-likeness (QED) is 0.605. The first kappa shape index (κ1) is 8.21. The van der Waals surface area contributed by atoms with E-state index in [1.165, 1.54) is 39.0 Å². The molecule has 0 atom stereocenters. The number of hydrogen-bond acceptors (Lipinski definition) is 3. The van der Waals surface area contributed by atoms with Gasteiger partial charge in [0.25, 0.3) is 0 Å². The molecular weight excluding hydrogens is 164 g/mol. The summed E-state index contributed by atoms with van der Waals surface area (Å²) in [6, 6.07) is 1.71. The molecular formula is C10H18N2O. The van der Waals surface area contributed by atoms with Crippen LogP contribution in [0.5, 0.6) is 0 Å². The minimum Gasteiger partial charge on any atom is -0.378 e. The van der Waals surface area contributed by atoms with Crippen molar-refractivity contribution in [1.82, 2.24) is 9.80 Å². The fraction of sp³-hybridized carbons (Fsp3) is 1.00. The summed E-state index contributed by atoms with van der Waals surface area (Å²) >= 11 is 0. The second-order valence-corrected chi connectivity index (χ2v) is 4.49. The van der Waals surface area contributed by atoms with Crippen molar-refractivity contribution in [3.63, 3.8) is 0 Å². The van der Waals surface area contributed by atoms with Crippen LogP contribution in [0.4, 0.5) is 0 Å². The molecule has 0 aromatic rings. The van der Waals surface area contributed by atoms with Crippen molar-refractivity contribution in [1.29, 1.82) is 0 Å². The van der Waals surface area contributed by atoms with Crippen LogP contribution in [0.15, 0.2) is 0 Å². The molecule has 2 aliphatic heterocycles. The molecule has 0 aromatic heterocycles. The fourth-order valence-electron chi connectivity index (χ4n) is 2.34. The zero-order valence-corrected chi connectivity index (χ0v) is 8.11. The first-order valence-electron chi connectivity index (χ1n) is 5.49. The van der Waals surface area contributed by atoms with Gasteiger partial charge >= 0.3 is 0 Å². The molecule has 0 amide bonds. The smallest absolute Gasteiger partial charge is 0.0645 e. The van der Waals surface area contributed by atoms with E-state index in [9.17, 15) is 0 Å². The van der Waals surface area contributed by atoms with Crippen molar-refractivity contribution in [2.45, 2.75) is 24.9 Å². The van der Waals surface area contributed by atoms with Gasteiger partial charge in [-0.05, 0) is 12.8 Å². The summed E-state index contributed by atoms with van der Waals surface area (Å²) in [4.78, 5) is 5.26. The summed E-state index contributed by atoms with van der Waals surface area (Å²) in [5.41, 5.74) is 0. The lowest BCUT2D eigenvalue weighted by Crippen LogP contribution is -2.56. The normalized spacial score (nSPS) is 33.2. The van der Waals surface area contributed by atoms with Gasteiger partial charge in [0.15, 0.2) is 0 Å². The minimum absolute atomic E-state index is 0.751. The van der Waals surface area contributed by atoms with Gasteiger partial charge in [0.05, 0.1) is 19.3 Å². The summed E-state index contributed by atoms with van der Waals surface area (Å²) in [7, 11) is 0. The Hall–Kier alpha value is -0.120. The summed E-state index contributed by atoms with van der Waals surface area (Å²) in [6.07, 6.45) is 2.90. The van der Waals surface area contributed by atoms with E-state index in [1.807, 2.05) is 0 Å². The highest BCUT2D eigenvalue weighted by molar-refractivity contribution is 4.89. The Morgan fingerprint density at radius 1 is 0.769 bits per heavy atom. The minimum atomic E-state index is 0.751. The Labute approximate surface area is 79.6 Å². The maximum atomic E-state index is 5.22. The Morgan fingerprint density at radius 3 is 1.69 bits per heavy atom. The highest BCUT2D eigenvalue weighted by Crippen LogP contribution is 2.28. The third-order valence-corrected chi connectivity index (χ3v) is 3.55. The number of rotatable bonds is 2.